The number of aromatic nitrogens is 2. The van der Waals surface area contributed by atoms with E-state index in [9.17, 15) is 9.59 Å². The Hall–Kier alpha value is -2.74. The average Bonchev–Trinajstić information content (AvgIpc) is 3.19. The Bertz CT molecular complexity index is 785. The molecule has 150 valence electrons. The predicted molar refractivity (Wildman–Crippen MR) is 102 cm³/mol. The number of carbonyl (C=O) groups is 2. The first-order valence-electron chi connectivity index (χ1n) is 9.57. The smallest absolute Gasteiger partial charge is 0.325 e. The lowest BCUT2D eigenvalue weighted by Crippen LogP contribution is -2.43. The fraction of sp³-hybridized carbons (Fsp3) is 0.500. The largest absolute Gasteiger partial charge is 0.465 e. The number of likely N-dealkylation sites (tertiary alicyclic amines) is 1. The second kappa shape index (κ2) is 9.45. The zero-order valence-corrected chi connectivity index (χ0v) is 16.3. The van der Waals surface area contributed by atoms with Gasteiger partial charge in [-0.1, -0.05) is 35.5 Å². The molecule has 8 heteroatoms. The van der Waals surface area contributed by atoms with Gasteiger partial charge in [0.1, 0.15) is 6.54 Å². The summed E-state index contributed by atoms with van der Waals surface area (Å²) in [5.74, 6) is 0.991. The molecule has 0 aliphatic carbocycles. The number of nitrogens with zero attached hydrogens (tertiary/aromatic N) is 4. The minimum absolute atomic E-state index is 0.0205. The predicted octanol–water partition coefficient (Wildman–Crippen LogP) is 1.94. The van der Waals surface area contributed by atoms with Crippen LogP contribution in [0.2, 0.25) is 0 Å². The highest BCUT2D eigenvalue weighted by Crippen LogP contribution is 2.28. The topological polar surface area (TPSA) is 88.8 Å². The molecule has 1 aliphatic rings. The molecule has 2 aromatic rings. The number of benzene rings is 1. The van der Waals surface area contributed by atoms with Gasteiger partial charge in [0.25, 0.3) is 0 Å². The molecule has 0 unspecified atom stereocenters. The molecule has 0 saturated carbocycles. The van der Waals surface area contributed by atoms with Crippen molar-refractivity contribution in [1.29, 1.82) is 0 Å². The van der Waals surface area contributed by atoms with Crippen LogP contribution in [0.5, 0.6) is 0 Å². The standard InChI is InChI=1S/C20H26N4O4/c1-3-27-18(26)14-23(2)17(25)13-24-11-9-16(10-12-24)20-21-19(22-28-20)15-7-5-4-6-8-15/h4-8,16H,3,9-14H2,1-2H3. The number of hydrogen-bond acceptors (Lipinski definition) is 7. The molecular weight excluding hydrogens is 360 g/mol. The Balaban J connectivity index is 1.48. The van der Waals surface area contributed by atoms with E-state index in [-0.39, 0.29) is 24.3 Å². The molecule has 0 radical (unpaired) electrons. The molecule has 1 aliphatic heterocycles. The highest BCUT2D eigenvalue weighted by atomic mass is 16.5. The van der Waals surface area contributed by atoms with Gasteiger partial charge in [-0.05, 0) is 32.9 Å². The van der Waals surface area contributed by atoms with Crippen LogP contribution in [0.3, 0.4) is 0 Å². The summed E-state index contributed by atoms with van der Waals surface area (Å²) in [5.41, 5.74) is 0.935. The van der Waals surface area contributed by atoms with Gasteiger partial charge < -0.3 is 14.2 Å². The highest BCUT2D eigenvalue weighted by Gasteiger charge is 2.27. The molecule has 0 atom stereocenters. The van der Waals surface area contributed by atoms with Crippen LogP contribution in [0.1, 0.15) is 31.6 Å². The molecule has 1 aromatic heterocycles. The second-order valence-corrected chi connectivity index (χ2v) is 6.93. The number of amides is 1. The molecule has 2 heterocycles. The Kier molecular flexibility index (Phi) is 6.76. The van der Waals surface area contributed by atoms with Crippen molar-refractivity contribution >= 4 is 11.9 Å². The molecule has 0 spiro atoms. The van der Waals surface area contributed by atoms with Crippen LogP contribution in [0.4, 0.5) is 0 Å². The molecule has 1 fully saturated rings. The second-order valence-electron chi connectivity index (χ2n) is 6.93. The number of esters is 1. The van der Waals surface area contributed by atoms with E-state index in [4.69, 9.17) is 9.26 Å². The number of likely N-dealkylation sites (N-methyl/N-ethyl adjacent to an activating group) is 1. The van der Waals surface area contributed by atoms with Crippen molar-refractivity contribution in [2.45, 2.75) is 25.7 Å². The lowest BCUT2D eigenvalue weighted by molar-refractivity contribution is -0.148. The van der Waals surface area contributed by atoms with Gasteiger partial charge in [-0.15, -0.1) is 0 Å². The molecule has 3 rings (SSSR count). The fourth-order valence-corrected chi connectivity index (χ4v) is 3.24. The van der Waals surface area contributed by atoms with Crippen LogP contribution in [0, 0.1) is 0 Å². The van der Waals surface area contributed by atoms with Gasteiger partial charge in [0.2, 0.25) is 17.6 Å². The van der Waals surface area contributed by atoms with Gasteiger partial charge in [0.05, 0.1) is 13.2 Å². The molecule has 0 N–H and O–H groups in total. The zero-order valence-electron chi connectivity index (χ0n) is 16.3. The number of ether oxygens (including phenoxy) is 1. The Labute approximate surface area is 164 Å². The summed E-state index contributed by atoms with van der Waals surface area (Å²) in [4.78, 5) is 31.8. The molecule has 1 amide bonds. The van der Waals surface area contributed by atoms with E-state index in [1.54, 1.807) is 14.0 Å². The third-order valence-electron chi connectivity index (χ3n) is 4.87. The Morgan fingerprint density at radius 3 is 2.64 bits per heavy atom. The van der Waals surface area contributed by atoms with Gasteiger partial charge in [0.15, 0.2) is 0 Å². The summed E-state index contributed by atoms with van der Waals surface area (Å²) in [6, 6.07) is 9.75. The quantitative estimate of drug-likeness (QED) is 0.672. The maximum Gasteiger partial charge on any atom is 0.325 e. The van der Waals surface area contributed by atoms with Crippen LogP contribution >= 0.6 is 0 Å². The molecule has 1 saturated heterocycles. The summed E-state index contributed by atoms with van der Waals surface area (Å²) in [7, 11) is 1.62. The minimum atomic E-state index is -0.386. The number of piperidine rings is 1. The van der Waals surface area contributed by atoms with Gasteiger partial charge in [-0.2, -0.15) is 4.98 Å². The summed E-state index contributed by atoms with van der Waals surface area (Å²) >= 11 is 0. The number of rotatable bonds is 7. The highest BCUT2D eigenvalue weighted by molar-refractivity contribution is 5.83. The van der Waals surface area contributed by atoms with Crippen LogP contribution in [-0.2, 0) is 14.3 Å². The molecule has 8 nitrogen and oxygen atoms in total. The van der Waals surface area contributed by atoms with E-state index in [0.717, 1.165) is 31.5 Å². The van der Waals surface area contributed by atoms with Crippen molar-refractivity contribution in [3.63, 3.8) is 0 Å². The van der Waals surface area contributed by atoms with Crippen LogP contribution in [-0.4, -0.2) is 71.7 Å². The van der Waals surface area contributed by atoms with Crippen molar-refractivity contribution in [1.82, 2.24) is 19.9 Å². The Morgan fingerprint density at radius 2 is 1.96 bits per heavy atom. The zero-order chi connectivity index (χ0) is 19.9. The molecule has 1 aromatic carbocycles. The monoisotopic (exact) mass is 386 g/mol. The third kappa shape index (κ3) is 5.16. The number of carbonyl (C=O) groups excluding carboxylic acids is 2. The van der Waals surface area contributed by atoms with Gasteiger partial charge >= 0.3 is 5.97 Å². The van der Waals surface area contributed by atoms with E-state index in [0.29, 0.717) is 24.9 Å². The molecular formula is C20H26N4O4. The van der Waals surface area contributed by atoms with Crippen LogP contribution in [0.25, 0.3) is 11.4 Å². The van der Waals surface area contributed by atoms with E-state index in [2.05, 4.69) is 15.0 Å². The van der Waals surface area contributed by atoms with E-state index >= 15 is 0 Å². The summed E-state index contributed by atoms with van der Waals surface area (Å²) in [6.45, 7) is 3.88. The van der Waals surface area contributed by atoms with Crippen molar-refractivity contribution < 1.29 is 18.8 Å². The van der Waals surface area contributed by atoms with E-state index in [1.807, 2.05) is 30.3 Å². The minimum Gasteiger partial charge on any atom is -0.465 e. The van der Waals surface area contributed by atoms with Crippen molar-refractivity contribution in [3.05, 3.63) is 36.2 Å². The van der Waals surface area contributed by atoms with Crippen LogP contribution < -0.4 is 0 Å². The van der Waals surface area contributed by atoms with E-state index < -0.39 is 0 Å². The van der Waals surface area contributed by atoms with Crippen molar-refractivity contribution in [3.8, 4) is 11.4 Å². The maximum atomic E-state index is 12.3. The summed E-state index contributed by atoms with van der Waals surface area (Å²) < 4.78 is 10.4. The average molecular weight is 386 g/mol. The first kappa shape index (κ1) is 20.0. The maximum absolute atomic E-state index is 12.3. The first-order valence-corrected chi connectivity index (χ1v) is 9.57. The fourth-order valence-electron chi connectivity index (χ4n) is 3.24. The first-order chi connectivity index (χ1) is 13.6. The van der Waals surface area contributed by atoms with Gasteiger partial charge in [0, 0.05) is 18.5 Å². The van der Waals surface area contributed by atoms with Gasteiger partial charge in [-0.3, -0.25) is 14.5 Å². The lowest BCUT2D eigenvalue weighted by Gasteiger charge is -2.30. The lowest BCUT2D eigenvalue weighted by atomic mass is 9.97. The van der Waals surface area contributed by atoms with Gasteiger partial charge in [-0.25, -0.2) is 0 Å². The van der Waals surface area contributed by atoms with Crippen LogP contribution in [0.15, 0.2) is 34.9 Å². The molecule has 28 heavy (non-hydrogen) atoms. The third-order valence-corrected chi connectivity index (χ3v) is 4.87. The van der Waals surface area contributed by atoms with E-state index in [1.165, 1.54) is 4.90 Å². The van der Waals surface area contributed by atoms with Crippen molar-refractivity contribution in [2.75, 3.05) is 39.8 Å². The summed E-state index contributed by atoms with van der Waals surface area (Å²) in [5, 5.41) is 4.09. The summed E-state index contributed by atoms with van der Waals surface area (Å²) in [6.07, 6.45) is 1.70. The Morgan fingerprint density at radius 1 is 1.25 bits per heavy atom. The van der Waals surface area contributed by atoms with Crippen molar-refractivity contribution in [2.24, 2.45) is 0 Å². The number of hydrogen-bond donors (Lipinski definition) is 0. The SMILES string of the molecule is CCOC(=O)CN(C)C(=O)CN1CCC(c2nc(-c3ccccc3)no2)CC1. The molecule has 0 bridgehead atoms. The normalized spacial score (nSPS) is 15.4.